The van der Waals surface area contributed by atoms with E-state index in [1.54, 1.807) is 0 Å². The third-order valence-corrected chi connectivity index (χ3v) is 3.82. The second kappa shape index (κ2) is 7.61. The molecule has 122 valence electrons. The quantitative estimate of drug-likeness (QED) is 0.772. The van der Waals surface area contributed by atoms with Crippen LogP contribution in [0, 0.1) is 5.92 Å². The summed E-state index contributed by atoms with van der Waals surface area (Å²) in [5.41, 5.74) is 7.20. The van der Waals surface area contributed by atoms with E-state index in [2.05, 4.69) is 10.6 Å². The normalized spacial score (nSPS) is 17.0. The van der Waals surface area contributed by atoms with Gasteiger partial charge in [0.2, 0.25) is 11.8 Å². The number of nitrogens with one attached hydrogen (secondary N) is 2. The van der Waals surface area contributed by atoms with Gasteiger partial charge in [0, 0.05) is 30.1 Å². The molecular weight excluding hydrogens is 302 g/mol. The van der Waals surface area contributed by atoms with Crippen molar-refractivity contribution < 1.29 is 9.59 Å². The number of halogens is 1. The third kappa shape index (κ3) is 4.71. The number of carbonyl (C=O) groups excluding carboxylic acids is 2. The van der Waals surface area contributed by atoms with E-state index in [1.165, 1.54) is 0 Å². The van der Waals surface area contributed by atoms with Gasteiger partial charge >= 0.3 is 0 Å². The summed E-state index contributed by atoms with van der Waals surface area (Å²) in [6.45, 7) is 4.15. The molecule has 1 atom stereocenters. The number of nitrogens with two attached hydrogens (primary N) is 1. The molecule has 2 rings (SSSR count). The lowest BCUT2D eigenvalue weighted by atomic mass is 9.89. The van der Waals surface area contributed by atoms with Crippen LogP contribution in [0.25, 0.3) is 0 Å². The van der Waals surface area contributed by atoms with Crippen molar-refractivity contribution >= 4 is 29.9 Å². The molecule has 0 aromatic heterocycles. The fraction of sp³-hybridized carbons (Fsp3) is 0.500. The van der Waals surface area contributed by atoms with E-state index >= 15 is 0 Å². The molecule has 5 nitrogen and oxygen atoms in total. The SMILES string of the molecule is CC(C)(CN)NC(=O)CCC1Cc2ccccc2NC1=O.Cl. The number of benzene rings is 1. The number of rotatable bonds is 5. The minimum Gasteiger partial charge on any atom is -0.350 e. The molecule has 2 amide bonds. The van der Waals surface area contributed by atoms with E-state index in [1.807, 2.05) is 38.1 Å². The zero-order valence-electron chi connectivity index (χ0n) is 13.0. The van der Waals surface area contributed by atoms with Crippen molar-refractivity contribution in [3.05, 3.63) is 29.8 Å². The zero-order chi connectivity index (χ0) is 15.5. The van der Waals surface area contributed by atoms with Crippen LogP contribution in [0.4, 0.5) is 5.69 Å². The average Bonchev–Trinajstić information content (AvgIpc) is 2.44. The molecule has 0 saturated heterocycles. The first-order valence-electron chi connectivity index (χ1n) is 7.31. The summed E-state index contributed by atoms with van der Waals surface area (Å²) in [7, 11) is 0. The summed E-state index contributed by atoms with van der Waals surface area (Å²) in [6.07, 6.45) is 1.58. The summed E-state index contributed by atoms with van der Waals surface area (Å²) in [5, 5.41) is 5.79. The highest BCUT2D eigenvalue weighted by molar-refractivity contribution is 5.96. The lowest BCUT2D eigenvalue weighted by molar-refractivity contribution is -0.123. The Morgan fingerprint density at radius 1 is 1.41 bits per heavy atom. The van der Waals surface area contributed by atoms with Crippen molar-refractivity contribution in [2.45, 2.75) is 38.6 Å². The molecule has 4 N–H and O–H groups in total. The molecular formula is C16H24ClN3O2. The Hall–Kier alpha value is -1.59. The molecule has 0 aliphatic carbocycles. The van der Waals surface area contributed by atoms with Crippen LogP contribution in [0.2, 0.25) is 0 Å². The van der Waals surface area contributed by atoms with Crippen LogP contribution in [0.5, 0.6) is 0 Å². The molecule has 1 heterocycles. The number of hydrogen-bond acceptors (Lipinski definition) is 3. The zero-order valence-corrected chi connectivity index (χ0v) is 13.8. The van der Waals surface area contributed by atoms with E-state index < -0.39 is 5.54 Å². The number of hydrogen-bond donors (Lipinski definition) is 3. The summed E-state index contributed by atoms with van der Waals surface area (Å²) in [6, 6.07) is 7.78. The van der Waals surface area contributed by atoms with Gasteiger partial charge < -0.3 is 16.4 Å². The first-order chi connectivity index (χ1) is 9.91. The first kappa shape index (κ1) is 18.5. The molecule has 0 fully saturated rings. The fourth-order valence-corrected chi connectivity index (χ4v) is 2.44. The van der Waals surface area contributed by atoms with E-state index in [0.29, 0.717) is 25.8 Å². The summed E-state index contributed by atoms with van der Waals surface area (Å²) < 4.78 is 0. The summed E-state index contributed by atoms with van der Waals surface area (Å²) in [4.78, 5) is 24.0. The molecule has 0 spiro atoms. The number of fused-ring (bicyclic) bond motifs is 1. The van der Waals surface area contributed by atoms with Crippen LogP contribution >= 0.6 is 12.4 Å². The molecule has 1 aromatic carbocycles. The second-order valence-corrected chi connectivity index (χ2v) is 6.22. The molecule has 1 aromatic rings. The number of anilines is 1. The average molecular weight is 326 g/mol. The molecule has 1 unspecified atom stereocenters. The van der Waals surface area contributed by atoms with Crippen molar-refractivity contribution in [1.29, 1.82) is 0 Å². The molecule has 0 bridgehead atoms. The highest BCUT2D eigenvalue weighted by atomic mass is 35.5. The van der Waals surface area contributed by atoms with Crippen LogP contribution in [0.3, 0.4) is 0 Å². The number of para-hydroxylation sites is 1. The maximum absolute atomic E-state index is 12.0. The Labute approximate surface area is 137 Å². The highest BCUT2D eigenvalue weighted by Crippen LogP contribution is 2.27. The molecule has 1 aliphatic rings. The van der Waals surface area contributed by atoms with Crippen molar-refractivity contribution in [2.75, 3.05) is 11.9 Å². The lowest BCUT2D eigenvalue weighted by Gasteiger charge is -2.26. The monoisotopic (exact) mass is 325 g/mol. The van der Waals surface area contributed by atoms with Gasteiger partial charge in [-0.15, -0.1) is 12.4 Å². The van der Waals surface area contributed by atoms with Crippen LogP contribution in [0.1, 0.15) is 32.3 Å². The Morgan fingerprint density at radius 3 is 2.77 bits per heavy atom. The van der Waals surface area contributed by atoms with Gasteiger partial charge in [0.15, 0.2) is 0 Å². The fourth-order valence-electron chi connectivity index (χ4n) is 2.44. The summed E-state index contributed by atoms with van der Waals surface area (Å²) in [5.74, 6) is -0.205. The molecule has 0 saturated carbocycles. The van der Waals surface area contributed by atoms with Crippen LogP contribution in [-0.4, -0.2) is 23.9 Å². The van der Waals surface area contributed by atoms with Crippen molar-refractivity contribution in [2.24, 2.45) is 11.7 Å². The van der Waals surface area contributed by atoms with Gasteiger partial charge in [0.1, 0.15) is 0 Å². The maximum Gasteiger partial charge on any atom is 0.227 e. The lowest BCUT2D eigenvalue weighted by Crippen LogP contribution is -2.49. The van der Waals surface area contributed by atoms with E-state index in [0.717, 1.165) is 11.3 Å². The Bertz CT molecular complexity index is 546. The van der Waals surface area contributed by atoms with Gasteiger partial charge in [-0.3, -0.25) is 9.59 Å². The van der Waals surface area contributed by atoms with Gasteiger partial charge in [-0.1, -0.05) is 18.2 Å². The Morgan fingerprint density at radius 2 is 2.09 bits per heavy atom. The van der Waals surface area contributed by atoms with Crippen LogP contribution in [0.15, 0.2) is 24.3 Å². The number of carbonyl (C=O) groups is 2. The molecule has 1 aliphatic heterocycles. The largest absolute Gasteiger partial charge is 0.350 e. The smallest absolute Gasteiger partial charge is 0.227 e. The van der Waals surface area contributed by atoms with Crippen molar-refractivity contribution in [3.63, 3.8) is 0 Å². The second-order valence-electron chi connectivity index (χ2n) is 6.22. The minimum absolute atomic E-state index is 0. The van der Waals surface area contributed by atoms with Gasteiger partial charge in [-0.2, -0.15) is 0 Å². The predicted molar refractivity (Wildman–Crippen MR) is 90.0 cm³/mol. The van der Waals surface area contributed by atoms with E-state index in [4.69, 9.17) is 5.73 Å². The van der Waals surface area contributed by atoms with Gasteiger partial charge in [0.05, 0.1) is 0 Å². The predicted octanol–water partition coefficient (Wildman–Crippen LogP) is 1.85. The standard InChI is InChI=1S/C16H23N3O2.ClH/c1-16(2,10-17)19-14(20)8-7-12-9-11-5-3-4-6-13(11)18-15(12)21;/h3-6,12H,7-10,17H2,1-2H3,(H,18,21)(H,19,20);1H. The Kier molecular flexibility index (Phi) is 6.38. The summed E-state index contributed by atoms with van der Waals surface area (Å²) >= 11 is 0. The maximum atomic E-state index is 12.0. The minimum atomic E-state index is -0.404. The van der Waals surface area contributed by atoms with Crippen LogP contribution < -0.4 is 16.4 Å². The molecule has 22 heavy (non-hydrogen) atoms. The first-order valence-corrected chi connectivity index (χ1v) is 7.31. The topological polar surface area (TPSA) is 84.2 Å². The van der Waals surface area contributed by atoms with Crippen LogP contribution in [-0.2, 0) is 16.0 Å². The molecule has 0 radical (unpaired) electrons. The Balaban J connectivity index is 0.00000242. The van der Waals surface area contributed by atoms with E-state index in [-0.39, 0.29) is 30.1 Å². The third-order valence-electron chi connectivity index (χ3n) is 3.82. The van der Waals surface area contributed by atoms with Gasteiger partial charge in [0.25, 0.3) is 0 Å². The van der Waals surface area contributed by atoms with Crippen molar-refractivity contribution in [1.82, 2.24) is 5.32 Å². The van der Waals surface area contributed by atoms with E-state index in [9.17, 15) is 9.59 Å². The molecule has 6 heteroatoms. The van der Waals surface area contributed by atoms with Gasteiger partial charge in [-0.25, -0.2) is 0 Å². The van der Waals surface area contributed by atoms with Crippen molar-refractivity contribution in [3.8, 4) is 0 Å². The van der Waals surface area contributed by atoms with Gasteiger partial charge in [-0.05, 0) is 38.3 Å². The number of amides is 2. The highest BCUT2D eigenvalue weighted by Gasteiger charge is 2.27.